The number of benzene rings is 1. The monoisotopic (exact) mass is 196 g/mol. The molecule has 0 heterocycles. The summed E-state index contributed by atoms with van der Waals surface area (Å²) in [5, 5.41) is 17.7. The Morgan fingerprint density at radius 2 is 2.14 bits per heavy atom. The first-order valence-corrected chi connectivity index (χ1v) is 4.23. The molecule has 0 bridgehead atoms. The zero-order valence-corrected chi connectivity index (χ0v) is 7.70. The quantitative estimate of drug-likeness (QED) is 0.523. The SMILES string of the molecule is CCc1cc(C=O)c(F)c(B(O)O)c1. The van der Waals surface area contributed by atoms with E-state index in [1.54, 1.807) is 0 Å². The Morgan fingerprint density at radius 3 is 2.57 bits per heavy atom. The Morgan fingerprint density at radius 1 is 1.50 bits per heavy atom. The van der Waals surface area contributed by atoms with Gasteiger partial charge in [-0.15, -0.1) is 0 Å². The zero-order valence-electron chi connectivity index (χ0n) is 7.70. The molecule has 0 fully saturated rings. The topological polar surface area (TPSA) is 57.5 Å². The van der Waals surface area contributed by atoms with E-state index < -0.39 is 12.9 Å². The minimum absolute atomic E-state index is 0.146. The fourth-order valence-corrected chi connectivity index (χ4v) is 1.21. The van der Waals surface area contributed by atoms with Gasteiger partial charge >= 0.3 is 7.12 Å². The van der Waals surface area contributed by atoms with Gasteiger partial charge in [-0.1, -0.05) is 13.0 Å². The second-order valence-electron chi connectivity index (χ2n) is 2.93. The molecule has 0 aliphatic heterocycles. The molecular formula is C9H10BFO3. The summed E-state index contributed by atoms with van der Waals surface area (Å²) < 4.78 is 13.3. The summed E-state index contributed by atoms with van der Waals surface area (Å²) in [6.07, 6.45) is 0.960. The van der Waals surface area contributed by atoms with Crippen LogP contribution < -0.4 is 5.46 Å². The van der Waals surface area contributed by atoms with Gasteiger partial charge in [0.15, 0.2) is 6.29 Å². The van der Waals surface area contributed by atoms with Gasteiger partial charge in [0.25, 0.3) is 0 Å². The molecule has 74 valence electrons. The lowest BCUT2D eigenvalue weighted by atomic mass is 9.78. The molecule has 0 unspecified atom stereocenters. The molecule has 0 aromatic heterocycles. The van der Waals surface area contributed by atoms with Gasteiger partial charge in [-0.05, 0) is 18.1 Å². The summed E-state index contributed by atoms with van der Waals surface area (Å²) >= 11 is 0. The number of aldehydes is 1. The Labute approximate surface area is 81.3 Å². The predicted molar refractivity (Wildman–Crippen MR) is 51.0 cm³/mol. The van der Waals surface area contributed by atoms with Crippen molar-refractivity contribution in [2.75, 3.05) is 0 Å². The summed E-state index contributed by atoms with van der Waals surface area (Å²) in [6, 6.07) is 2.74. The Kier molecular flexibility index (Phi) is 3.38. The molecule has 0 aliphatic rings. The minimum Gasteiger partial charge on any atom is -0.423 e. The second kappa shape index (κ2) is 4.35. The van der Waals surface area contributed by atoms with Crippen molar-refractivity contribution < 1.29 is 19.2 Å². The molecule has 0 amide bonds. The summed E-state index contributed by atoms with van der Waals surface area (Å²) in [7, 11) is -1.89. The van der Waals surface area contributed by atoms with Crippen LogP contribution in [0.5, 0.6) is 0 Å². The van der Waals surface area contributed by atoms with Crippen LogP contribution in [0.25, 0.3) is 0 Å². The number of rotatable bonds is 3. The van der Waals surface area contributed by atoms with E-state index >= 15 is 0 Å². The van der Waals surface area contributed by atoms with Gasteiger partial charge in [0.05, 0.1) is 0 Å². The van der Waals surface area contributed by atoms with Gasteiger partial charge in [-0.3, -0.25) is 4.79 Å². The van der Waals surface area contributed by atoms with Crippen molar-refractivity contribution in [3.63, 3.8) is 0 Å². The molecule has 2 N–H and O–H groups in total. The summed E-state index contributed by atoms with van der Waals surface area (Å²) in [5.74, 6) is -0.868. The van der Waals surface area contributed by atoms with Gasteiger partial charge in [0, 0.05) is 11.0 Å². The molecule has 0 atom stereocenters. The number of carbonyl (C=O) groups excluding carboxylic acids is 1. The molecule has 0 aliphatic carbocycles. The summed E-state index contributed by atoms with van der Waals surface area (Å²) in [5.41, 5.74) is 0.288. The average Bonchev–Trinajstić information content (AvgIpc) is 2.17. The molecule has 1 aromatic rings. The maximum Gasteiger partial charge on any atom is 0.491 e. The van der Waals surface area contributed by atoms with Crippen molar-refractivity contribution in [2.45, 2.75) is 13.3 Å². The predicted octanol–water partition coefficient (Wildman–Crippen LogP) is -0.120. The van der Waals surface area contributed by atoms with Crippen LogP contribution in [0.4, 0.5) is 4.39 Å². The van der Waals surface area contributed by atoms with Crippen molar-refractivity contribution in [3.05, 3.63) is 29.1 Å². The molecule has 1 rings (SSSR count). The van der Waals surface area contributed by atoms with Gasteiger partial charge in [-0.2, -0.15) is 0 Å². The Hall–Kier alpha value is -1.20. The highest BCUT2D eigenvalue weighted by atomic mass is 19.1. The van der Waals surface area contributed by atoms with Crippen LogP contribution in [0.1, 0.15) is 22.8 Å². The van der Waals surface area contributed by atoms with E-state index in [1.807, 2.05) is 6.92 Å². The molecule has 5 heteroatoms. The molecular weight excluding hydrogens is 186 g/mol. The first kappa shape index (κ1) is 10.9. The fourth-order valence-electron chi connectivity index (χ4n) is 1.21. The average molecular weight is 196 g/mol. The van der Waals surface area contributed by atoms with Crippen molar-refractivity contribution in [1.82, 2.24) is 0 Å². The number of hydrogen-bond donors (Lipinski definition) is 2. The van der Waals surface area contributed by atoms with E-state index in [4.69, 9.17) is 10.0 Å². The lowest BCUT2D eigenvalue weighted by Gasteiger charge is -2.06. The minimum atomic E-state index is -1.89. The van der Waals surface area contributed by atoms with Gasteiger partial charge in [0.1, 0.15) is 5.82 Å². The number of halogens is 1. The van der Waals surface area contributed by atoms with Gasteiger partial charge in [0.2, 0.25) is 0 Å². The third-order valence-electron chi connectivity index (χ3n) is 2.00. The van der Waals surface area contributed by atoms with Crippen LogP contribution >= 0.6 is 0 Å². The summed E-state index contributed by atoms with van der Waals surface area (Å²) in [6.45, 7) is 1.83. The first-order chi connectivity index (χ1) is 6.60. The van der Waals surface area contributed by atoms with E-state index in [0.29, 0.717) is 18.3 Å². The van der Waals surface area contributed by atoms with Gasteiger partial charge < -0.3 is 10.0 Å². The van der Waals surface area contributed by atoms with E-state index in [2.05, 4.69) is 0 Å². The van der Waals surface area contributed by atoms with Crippen molar-refractivity contribution >= 4 is 18.9 Å². The van der Waals surface area contributed by atoms with Crippen LogP contribution in [-0.2, 0) is 6.42 Å². The van der Waals surface area contributed by atoms with E-state index in [1.165, 1.54) is 12.1 Å². The maximum absolute atomic E-state index is 13.3. The largest absolute Gasteiger partial charge is 0.491 e. The molecule has 0 saturated heterocycles. The highest BCUT2D eigenvalue weighted by molar-refractivity contribution is 6.58. The van der Waals surface area contributed by atoms with Crippen molar-refractivity contribution in [2.24, 2.45) is 0 Å². The van der Waals surface area contributed by atoms with Gasteiger partial charge in [-0.25, -0.2) is 4.39 Å². The number of hydrogen-bond acceptors (Lipinski definition) is 3. The van der Waals surface area contributed by atoms with Crippen LogP contribution in [0.15, 0.2) is 12.1 Å². The normalized spacial score (nSPS) is 10.0. The molecule has 0 spiro atoms. The third kappa shape index (κ3) is 2.00. The van der Waals surface area contributed by atoms with Crippen molar-refractivity contribution in [1.29, 1.82) is 0 Å². The molecule has 1 aromatic carbocycles. The summed E-state index contributed by atoms with van der Waals surface area (Å²) in [4.78, 5) is 10.5. The van der Waals surface area contributed by atoms with Crippen LogP contribution in [0.2, 0.25) is 0 Å². The third-order valence-corrected chi connectivity index (χ3v) is 2.00. The molecule has 0 saturated carbocycles. The van der Waals surface area contributed by atoms with Crippen LogP contribution in [0.3, 0.4) is 0 Å². The lowest BCUT2D eigenvalue weighted by Crippen LogP contribution is -2.34. The first-order valence-electron chi connectivity index (χ1n) is 4.23. The Bertz CT molecular complexity index is 352. The zero-order chi connectivity index (χ0) is 10.7. The van der Waals surface area contributed by atoms with E-state index in [-0.39, 0.29) is 11.0 Å². The molecule has 0 radical (unpaired) electrons. The van der Waals surface area contributed by atoms with Crippen LogP contribution in [-0.4, -0.2) is 23.5 Å². The smallest absolute Gasteiger partial charge is 0.423 e. The van der Waals surface area contributed by atoms with Crippen molar-refractivity contribution in [3.8, 4) is 0 Å². The number of aryl methyl sites for hydroxylation is 1. The standard InChI is InChI=1S/C9H10BFO3/c1-2-6-3-7(5-12)9(11)8(4-6)10(13)14/h3-5,13-14H,2H2,1H3. The highest BCUT2D eigenvalue weighted by Gasteiger charge is 2.19. The Balaban J connectivity index is 3.34. The van der Waals surface area contributed by atoms with E-state index in [9.17, 15) is 9.18 Å². The van der Waals surface area contributed by atoms with E-state index in [0.717, 1.165) is 0 Å². The molecule has 3 nitrogen and oxygen atoms in total. The highest BCUT2D eigenvalue weighted by Crippen LogP contribution is 2.07. The number of carbonyl (C=O) groups is 1. The lowest BCUT2D eigenvalue weighted by molar-refractivity contribution is 0.112. The second-order valence-corrected chi connectivity index (χ2v) is 2.93. The van der Waals surface area contributed by atoms with Crippen LogP contribution in [0, 0.1) is 5.82 Å². The molecule has 14 heavy (non-hydrogen) atoms. The maximum atomic E-state index is 13.3. The fraction of sp³-hybridized carbons (Fsp3) is 0.222.